The first-order chi connectivity index (χ1) is 6.82. The van der Waals surface area contributed by atoms with E-state index in [4.69, 9.17) is 11.6 Å². The van der Waals surface area contributed by atoms with Crippen LogP contribution in [0.4, 0.5) is 23.7 Å². The van der Waals surface area contributed by atoms with Gasteiger partial charge in [0.25, 0.3) is 0 Å². The Hall–Kier alpha value is -1.76. The van der Waals surface area contributed by atoms with Crippen molar-refractivity contribution < 1.29 is 18.0 Å². The first kappa shape index (κ1) is 11.3. The highest BCUT2D eigenvalue weighted by atomic mass is 19.4. The van der Waals surface area contributed by atoms with Crippen molar-refractivity contribution in [3.05, 3.63) is 29.8 Å². The quantitative estimate of drug-likeness (QED) is 0.426. The van der Waals surface area contributed by atoms with E-state index in [9.17, 15) is 18.0 Å². The molecule has 1 aromatic carbocycles. The number of halogens is 3. The number of carbonyl (C=O) groups is 1. The van der Waals surface area contributed by atoms with Gasteiger partial charge in [0.15, 0.2) is 0 Å². The van der Waals surface area contributed by atoms with Gasteiger partial charge in [-0.3, -0.25) is 0 Å². The van der Waals surface area contributed by atoms with Crippen LogP contribution in [0.2, 0.25) is 0 Å². The summed E-state index contributed by atoms with van der Waals surface area (Å²) in [6.07, 6.45) is -4.41. The largest absolute Gasteiger partial charge is 0.416 e. The Labute approximate surface area is 83.2 Å². The molecule has 7 heteroatoms. The Morgan fingerprint density at radius 1 is 1.20 bits per heavy atom. The molecule has 0 spiro atoms. The summed E-state index contributed by atoms with van der Waals surface area (Å²) in [6, 6.07) is 2.81. The summed E-state index contributed by atoms with van der Waals surface area (Å²) in [5, 5.41) is 0.556. The van der Waals surface area contributed by atoms with Crippen LogP contribution in [-0.2, 0) is 6.18 Å². The summed E-state index contributed by atoms with van der Waals surface area (Å²) in [6.45, 7) is 0. The number of rotatable bonds is 1. The fourth-order valence-corrected chi connectivity index (χ4v) is 0.938. The molecule has 1 rings (SSSR count). The number of hydrazine groups is 1. The molecule has 82 valence electrons. The van der Waals surface area contributed by atoms with Crippen LogP contribution < -0.4 is 16.6 Å². The van der Waals surface area contributed by atoms with Gasteiger partial charge in [0.2, 0.25) is 0 Å². The van der Waals surface area contributed by atoms with Gasteiger partial charge < -0.3 is 5.73 Å². The SMILES string of the molecule is NC(=O)N(N)c1ccc(C(F)(F)F)cc1. The molecule has 0 saturated carbocycles. The van der Waals surface area contributed by atoms with Crippen molar-refractivity contribution in [1.29, 1.82) is 0 Å². The third-order valence-electron chi connectivity index (χ3n) is 1.71. The van der Waals surface area contributed by atoms with Crippen molar-refractivity contribution in [3.63, 3.8) is 0 Å². The summed E-state index contributed by atoms with van der Waals surface area (Å²) in [7, 11) is 0. The van der Waals surface area contributed by atoms with E-state index in [0.29, 0.717) is 5.01 Å². The van der Waals surface area contributed by atoms with E-state index < -0.39 is 17.8 Å². The van der Waals surface area contributed by atoms with Crippen LogP contribution in [-0.4, -0.2) is 6.03 Å². The highest BCUT2D eigenvalue weighted by Gasteiger charge is 2.30. The Morgan fingerprint density at radius 2 is 1.67 bits per heavy atom. The molecular formula is C8H8F3N3O. The molecule has 0 aliphatic heterocycles. The molecule has 1 aromatic rings. The van der Waals surface area contributed by atoms with Gasteiger partial charge in [-0.05, 0) is 24.3 Å². The second-order valence-electron chi connectivity index (χ2n) is 2.75. The first-order valence-electron chi connectivity index (χ1n) is 3.84. The summed E-state index contributed by atoms with van der Waals surface area (Å²) in [4.78, 5) is 10.6. The Kier molecular flexibility index (Phi) is 2.85. The van der Waals surface area contributed by atoms with Gasteiger partial charge in [-0.25, -0.2) is 15.6 Å². The Morgan fingerprint density at radius 3 is 2.00 bits per heavy atom. The number of alkyl halides is 3. The van der Waals surface area contributed by atoms with Crippen molar-refractivity contribution in [1.82, 2.24) is 0 Å². The molecule has 0 aliphatic rings. The molecule has 4 N–H and O–H groups in total. The second-order valence-corrected chi connectivity index (χ2v) is 2.75. The third kappa shape index (κ3) is 2.59. The zero-order valence-corrected chi connectivity index (χ0v) is 7.45. The summed E-state index contributed by atoms with van der Waals surface area (Å²) < 4.78 is 36.4. The predicted octanol–water partition coefficient (Wildman–Crippen LogP) is 1.46. The Bertz CT molecular complexity index is 360. The number of hydrogen-bond donors (Lipinski definition) is 2. The third-order valence-corrected chi connectivity index (χ3v) is 1.71. The lowest BCUT2D eigenvalue weighted by atomic mass is 10.2. The summed E-state index contributed by atoms with van der Waals surface area (Å²) in [5.74, 6) is 5.17. The Balaban J connectivity index is 2.95. The van der Waals surface area contributed by atoms with Gasteiger partial charge in [0.1, 0.15) is 0 Å². The number of hydrogen-bond acceptors (Lipinski definition) is 2. The monoisotopic (exact) mass is 219 g/mol. The van der Waals surface area contributed by atoms with Crippen molar-refractivity contribution in [2.45, 2.75) is 6.18 Å². The zero-order chi connectivity index (χ0) is 11.6. The highest BCUT2D eigenvalue weighted by Crippen LogP contribution is 2.30. The maximum Gasteiger partial charge on any atom is 0.416 e. The van der Waals surface area contributed by atoms with Gasteiger partial charge in [-0.2, -0.15) is 13.2 Å². The normalized spacial score (nSPS) is 11.2. The van der Waals surface area contributed by atoms with Gasteiger partial charge in [-0.1, -0.05) is 0 Å². The average molecular weight is 219 g/mol. The van der Waals surface area contributed by atoms with E-state index in [1.807, 2.05) is 0 Å². The van der Waals surface area contributed by atoms with Crippen molar-refractivity contribution in [3.8, 4) is 0 Å². The molecule has 0 bridgehead atoms. The molecule has 15 heavy (non-hydrogen) atoms. The predicted molar refractivity (Wildman–Crippen MR) is 47.7 cm³/mol. The molecule has 0 aromatic heterocycles. The minimum atomic E-state index is -4.41. The maximum atomic E-state index is 12.1. The molecule has 2 amide bonds. The number of benzene rings is 1. The van der Waals surface area contributed by atoms with Crippen LogP contribution in [0.15, 0.2) is 24.3 Å². The van der Waals surface area contributed by atoms with E-state index in [2.05, 4.69) is 0 Å². The lowest BCUT2D eigenvalue weighted by Gasteiger charge is -2.14. The maximum absolute atomic E-state index is 12.1. The smallest absolute Gasteiger partial charge is 0.350 e. The van der Waals surface area contributed by atoms with E-state index in [1.54, 1.807) is 0 Å². The molecule has 0 fully saturated rings. The van der Waals surface area contributed by atoms with Crippen LogP contribution >= 0.6 is 0 Å². The number of urea groups is 1. The molecule has 4 nitrogen and oxygen atoms in total. The zero-order valence-electron chi connectivity index (χ0n) is 7.45. The van der Waals surface area contributed by atoms with Crippen LogP contribution in [0.5, 0.6) is 0 Å². The molecule has 0 atom stereocenters. The van der Waals surface area contributed by atoms with Crippen LogP contribution in [0, 0.1) is 0 Å². The fourth-order valence-electron chi connectivity index (χ4n) is 0.938. The summed E-state index contributed by atoms with van der Waals surface area (Å²) in [5.41, 5.74) is 4.11. The lowest BCUT2D eigenvalue weighted by Crippen LogP contribution is -2.41. The van der Waals surface area contributed by atoms with Gasteiger partial charge in [0, 0.05) is 0 Å². The highest BCUT2D eigenvalue weighted by molar-refractivity contribution is 5.89. The standard InChI is InChI=1S/C8H8F3N3O/c9-8(10,11)5-1-3-6(4-2-5)14(13)7(12)15/h1-4H,13H2,(H2,12,15). The minimum absolute atomic E-state index is 0.0931. The van der Waals surface area contributed by atoms with E-state index in [0.717, 1.165) is 24.3 Å². The van der Waals surface area contributed by atoms with Crippen LogP contribution in [0.25, 0.3) is 0 Å². The van der Waals surface area contributed by atoms with Crippen LogP contribution in [0.3, 0.4) is 0 Å². The summed E-state index contributed by atoms with van der Waals surface area (Å²) >= 11 is 0. The molecule has 0 heterocycles. The number of primary amides is 1. The number of nitrogens with two attached hydrogens (primary N) is 2. The first-order valence-corrected chi connectivity index (χ1v) is 3.84. The number of carbonyl (C=O) groups excluding carboxylic acids is 1. The van der Waals surface area contributed by atoms with Gasteiger partial charge >= 0.3 is 12.2 Å². The fraction of sp³-hybridized carbons (Fsp3) is 0.125. The van der Waals surface area contributed by atoms with Crippen molar-refractivity contribution >= 4 is 11.7 Å². The van der Waals surface area contributed by atoms with Gasteiger partial charge in [-0.15, -0.1) is 0 Å². The number of amides is 2. The van der Waals surface area contributed by atoms with E-state index >= 15 is 0 Å². The lowest BCUT2D eigenvalue weighted by molar-refractivity contribution is -0.137. The van der Waals surface area contributed by atoms with E-state index in [1.165, 1.54) is 0 Å². The topological polar surface area (TPSA) is 72.4 Å². The van der Waals surface area contributed by atoms with Gasteiger partial charge in [0.05, 0.1) is 11.3 Å². The molecule has 0 saturated heterocycles. The number of anilines is 1. The molecular weight excluding hydrogens is 211 g/mol. The molecule has 0 radical (unpaired) electrons. The molecule has 0 unspecified atom stereocenters. The van der Waals surface area contributed by atoms with Crippen molar-refractivity contribution in [2.75, 3.05) is 5.01 Å². The molecule has 0 aliphatic carbocycles. The second kappa shape index (κ2) is 3.77. The number of nitrogens with zero attached hydrogens (tertiary/aromatic N) is 1. The van der Waals surface area contributed by atoms with E-state index in [-0.39, 0.29) is 5.69 Å². The van der Waals surface area contributed by atoms with Crippen LogP contribution in [0.1, 0.15) is 5.56 Å². The van der Waals surface area contributed by atoms with Crippen molar-refractivity contribution in [2.24, 2.45) is 11.6 Å². The minimum Gasteiger partial charge on any atom is -0.350 e. The average Bonchev–Trinajstić information content (AvgIpc) is 2.15.